The topological polar surface area (TPSA) is 114 Å². The molecule has 0 spiro atoms. The van der Waals surface area contributed by atoms with Crippen LogP contribution in [0.5, 0.6) is 11.9 Å². The summed E-state index contributed by atoms with van der Waals surface area (Å²) in [5.41, 5.74) is 0.266. The molecule has 7 rings (SSSR count). The average molecular weight is 753 g/mol. The molecule has 52 heavy (non-hydrogen) atoms. The van der Waals surface area contributed by atoms with Crippen molar-refractivity contribution in [1.82, 2.24) is 29.6 Å². The minimum absolute atomic E-state index is 0.0374. The largest absolute Gasteiger partial charge is 0.469 e. The molecule has 280 valence electrons. The zero-order chi connectivity index (χ0) is 36.6. The van der Waals surface area contributed by atoms with E-state index in [-0.39, 0.29) is 54.8 Å². The summed E-state index contributed by atoms with van der Waals surface area (Å²) in [6.45, 7) is -0.231. The summed E-state index contributed by atoms with van der Waals surface area (Å²) in [6, 6.07) is 1.33. The third-order valence-electron chi connectivity index (χ3n) is 10.1. The normalized spacial score (nSPS) is 22.3. The molecule has 1 unspecified atom stereocenters. The minimum Gasteiger partial charge on any atom is -0.469 e. The summed E-state index contributed by atoms with van der Waals surface area (Å²) < 4.78 is 94.9. The van der Waals surface area contributed by atoms with E-state index in [1.54, 1.807) is 16.9 Å². The van der Waals surface area contributed by atoms with Gasteiger partial charge in [-0.25, -0.2) is 13.5 Å². The number of alkyl halides is 4. The van der Waals surface area contributed by atoms with Crippen LogP contribution in [0.15, 0.2) is 18.5 Å². The smallest absolute Gasteiger partial charge is 0.422 e. The number of carbonyl (C=O) groups is 1. The number of rotatable bonds is 12. The van der Waals surface area contributed by atoms with E-state index < -0.39 is 42.2 Å². The Bertz CT molecular complexity index is 1960. The minimum atomic E-state index is -4.72. The molecule has 3 saturated heterocycles. The van der Waals surface area contributed by atoms with Crippen LogP contribution in [0.1, 0.15) is 69.6 Å². The predicted octanol–water partition coefficient (Wildman–Crippen LogP) is 7.32. The van der Waals surface area contributed by atoms with E-state index in [2.05, 4.69) is 20.1 Å². The molecule has 0 aliphatic carbocycles. The Morgan fingerprint density at radius 3 is 2.75 bits per heavy atom. The SMILES string of the molecule is COC(=O)CCCCc1c(Cl)cc2c(cnn2C2CCCCO2)c1-c1ncc2c(OCC(F)(F)F)nc(OC[C@@]34CCCN3C[C@H](F)C4)nc2c1F. The van der Waals surface area contributed by atoms with Gasteiger partial charge in [0.1, 0.15) is 24.0 Å². The molecule has 3 aliphatic rings. The van der Waals surface area contributed by atoms with Gasteiger partial charge in [0, 0.05) is 48.2 Å². The first-order chi connectivity index (χ1) is 25.0. The van der Waals surface area contributed by atoms with Crippen molar-refractivity contribution in [3.8, 4) is 23.1 Å². The van der Waals surface area contributed by atoms with Gasteiger partial charge in [0.25, 0.3) is 0 Å². The molecule has 0 amide bonds. The van der Waals surface area contributed by atoms with Gasteiger partial charge < -0.3 is 18.9 Å². The van der Waals surface area contributed by atoms with E-state index in [1.165, 1.54) is 7.11 Å². The second-order valence-corrected chi connectivity index (χ2v) is 14.0. The lowest BCUT2D eigenvalue weighted by Gasteiger charge is -2.30. The highest BCUT2D eigenvalue weighted by atomic mass is 35.5. The first-order valence-electron chi connectivity index (χ1n) is 17.4. The summed E-state index contributed by atoms with van der Waals surface area (Å²) in [5, 5.41) is 5.23. The quantitative estimate of drug-likeness (QED) is 0.0829. The third kappa shape index (κ3) is 7.33. The monoisotopic (exact) mass is 752 g/mol. The summed E-state index contributed by atoms with van der Waals surface area (Å²) in [6.07, 6.45) is 2.39. The summed E-state index contributed by atoms with van der Waals surface area (Å²) >= 11 is 6.93. The maximum absolute atomic E-state index is 17.0. The molecular weight excluding hydrogens is 715 g/mol. The van der Waals surface area contributed by atoms with Crippen LogP contribution in [0.25, 0.3) is 33.1 Å². The second-order valence-electron chi connectivity index (χ2n) is 13.6. The molecule has 11 nitrogen and oxygen atoms in total. The number of esters is 1. The maximum Gasteiger partial charge on any atom is 0.422 e. The van der Waals surface area contributed by atoms with Gasteiger partial charge >= 0.3 is 18.2 Å². The van der Waals surface area contributed by atoms with Crippen molar-refractivity contribution in [2.75, 3.05) is 40.0 Å². The summed E-state index contributed by atoms with van der Waals surface area (Å²) in [5.74, 6) is -1.89. The van der Waals surface area contributed by atoms with Crippen LogP contribution in [0.4, 0.5) is 22.0 Å². The number of nitrogens with zero attached hydrogens (tertiary/aromatic N) is 6. The van der Waals surface area contributed by atoms with Gasteiger partial charge in [-0.2, -0.15) is 28.2 Å². The van der Waals surface area contributed by atoms with Gasteiger partial charge in [-0.05, 0) is 69.5 Å². The number of carbonyl (C=O) groups excluding carboxylic acids is 1. The predicted molar refractivity (Wildman–Crippen MR) is 180 cm³/mol. The number of hydrogen-bond acceptors (Lipinski definition) is 10. The molecular formula is C35H38ClF5N6O5. The first kappa shape index (κ1) is 36.5. The van der Waals surface area contributed by atoms with E-state index in [0.29, 0.717) is 72.3 Å². The van der Waals surface area contributed by atoms with Crippen LogP contribution in [0.3, 0.4) is 0 Å². The zero-order valence-electron chi connectivity index (χ0n) is 28.5. The van der Waals surface area contributed by atoms with Gasteiger partial charge in [0.05, 0.1) is 29.7 Å². The summed E-state index contributed by atoms with van der Waals surface area (Å²) in [4.78, 5) is 26.6. The van der Waals surface area contributed by atoms with Crippen molar-refractivity contribution in [3.63, 3.8) is 0 Å². The number of halogens is 6. The Morgan fingerprint density at radius 2 is 1.98 bits per heavy atom. The average Bonchev–Trinajstić information content (AvgIpc) is 3.80. The lowest BCUT2D eigenvalue weighted by atomic mass is 9.94. The molecule has 1 aromatic carbocycles. The highest BCUT2D eigenvalue weighted by Gasteiger charge is 2.49. The Kier molecular flexibility index (Phi) is 10.4. The molecule has 3 atom stereocenters. The lowest BCUT2D eigenvalue weighted by Crippen LogP contribution is -2.43. The van der Waals surface area contributed by atoms with Crippen molar-refractivity contribution in [3.05, 3.63) is 34.9 Å². The van der Waals surface area contributed by atoms with Crippen LogP contribution in [-0.2, 0) is 20.7 Å². The number of benzene rings is 1. The van der Waals surface area contributed by atoms with Crippen LogP contribution >= 0.6 is 11.6 Å². The Labute approximate surface area is 300 Å². The van der Waals surface area contributed by atoms with Gasteiger partial charge in [-0.3, -0.25) is 14.7 Å². The fourth-order valence-electron chi connectivity index (χ4n) is 7.69. The fourth-order valence-corrected chi connectivity index (χ4v) is 7.98. The number of ether oxygens (including phenoxy) is 4. The van der Waals surface area contributed by atoms with E-state index in [1.807, 2.05) is 4.90 Å². The van der Waals surface area contributed by atoms with Crippen molar-refractivity contribution in [2.24, 2.45) is 0 Å². The molecule has 3 aliphatic heterocycles. The number of hydrogen-bond donors (Lipinski definition) is 0. The van der Waals surface area contributed by atoms with Gasteiger partial charge in [0.2, 0.25) is 5.88 Å². The fraction of sp³-hybridized carbons (Fsp3) is 0.571. The molecule has 3 fully saturated rings. The number of methoxy groups -OCH3 is 1. The van der Waals surface area contributed by atoms with Crippen molar-refractivity contribution >= 4 is 39.4 Å². The molecule has 6 heterocycles. The van der Waals surface area contributed by atoms with E-state index in [4.69, 9.17) is 30.5 Å². The van der Waals surface area contributed by atoms with E-state index in [0.717, 1.165) is 25.5 Å². The molecule has 0 radical (unpaired) electrons. The van der Waals surface area contributed by atoms with Gasteiger partial charge in [0.15, 0.2) is 18.7 Å². The molecule has 0 saturated carbocycles. The maximum atomic E-state index is 17.0. The van der Waals surface area contributed by atoms with Crippen LogP contribution in [0.2, 0.25) is 5.02 Å². The standard InChI is InChI=1S/C35H38ClF5N6O5/c1-49-27(48)9-3-2-7-21-24(36)13-25-22(16-43-47(25)26-8-4-5-12-50-26)28(21)31-29(38)30-23(15-42-31)32(51-19-35(39,40)41)45-33(44-30)52-18-34-10-6-11-46(34)17-20(37)14-34/h13,15-16,20,26H,2-12,14,17-19H2,1H3/t20-,26?,34+/m1/s1. The molecule has 0 N–H and O–H groups in total. The number of aromatic nitrogens is 5. The van der Waals surface area contributed by atoms with Crippen LogP contribution in [-0.4, -0.2) is 93.5 Å². The zero-order valence-corrected chi connectivity index (χ0v) is 29.2. The number of unbranched alkanes of at least 4 members (excludes halogenated alkanes) is 1. The van der Waals surface area contributed by atoms with Crippen molar-refractivity contribution in [2.45, 2.75) is 88.3 Å². The Morgan fingerprint density at radius 1 is 1.13 bits per heavy atom. The van der Waals surface area contributed by atoms with Crippen molar-refractivity contribution in [1.29, 1.82) is 0 Å². The van der Waals surface area contributed by atoms with Gasteiger partial charge in [-0.15, -0.1) is 0 Å². The van der Waals surface area contributed by atoms with E-state index in [9.17, 15) is 22.4 Å². The summed E-state index contributed by atoms with van der Waals surface area (Å²) in [7, 11) is 1.31. The highest BCUT2D eigenvalue weighted by Crippen LogP contribution is 2.43. The molecule has 4 aromatic rings. The highest BCUT2D eigenvalue weighted by molar-refractivity contribution is 6.33. The van der Waals surface area contributed by atoms with Crippen molar-refractivity contribution < 1.29 is 45.7 Å². The van der Waals surface area contributed by atoms with Crippen LogP contribution < -0.4 is 9.47 Å². The number of fused-ring (bicyclic) bond motifs is 3. The molecule has 3 aromatic heterocycles. The Balaban J connectivity index is 1.33. The van der Waals surface area contributed by atoms with Gasteiger partial charge in [-0.1, -0.05) is 11.6 Å². The Hall–Kier alpha value is -3.89. The van der Waals surface area contributed by atoms with E-state index >= 15 is 4.39 Å². The second kappa shape index (κ2) is 14.9. The lowest BCUT2D eigenvalue weighted by molar-refractivity contribution is -0.153. The molecule has 17 heteroatoms. The number of pyridine rings is 1. The molecule has 0 bridgehead atoms. The third-order valence-corrected chi connectivity index (χ3v) is 10.5. The first-order valence-corrected chi connectivity index (χ1v) is 17.8. The van der Waals surface area contributed by atoms with Crippen LogP contribution in [0, 0.1) is 5.82 Å².